The molecule has 0 saturated heterocycles. The van der Waals surface area contributed by atoms with Gasteiger partial charge < -0.3 is 5.73 Å². The van der Waals surface area contributed by atoms with E-state index >= 15 is 0 Å². The molecule has 0 aliphatic heterocycles. The van der Waals surface area contributed by atoms with Gasteiger partial charge in [-0.3, -0.25) is 0 Å². The van der Waals surface area contributed by atoms with E-state index in [1.54, 1.807) is 0 Å². The Balaban J connectivity index is 2.89. The summed E-state index contributed by atoms with van der Waals surface area (Å²) >= 11 is 9.31. The van der Waals surface area contributed by atoms with Gasteiger partial charge in [-0.05, 0) is 44.9 Å². The van der Waals surface area contributed by atoms with Crippen LogP contribution in [0, 0.1) is 0 Å². The highest BCUT2D eigenvalue weighted by Gasteiger charge is 2.02. The Bertz CT molecular complexity index is 462. The molecule has 0 bridgehead atoms. The maximum atomic E-state index is 5.88. The van der Waals surface area contributed by atoms with Gasteiger partial charge in [-0.1, -0.05) is 23.7 Å². The summed E-state index contributed by atoms with van der Waals surface area (Å²) in [5.41, 5.74) is 6.48. The predicted octanol–water partition coefficient (Wildman–Crippen LogP) is 3.84. The van der Waals surface area contributed by atoms with Crippen molar-refractivity contribution < 1.29 is 0 Å². The molecule has 2 N–H and O–H groups in total. The SMILES string of the molecule is Nc1ccc2ccc(Cl)cc2c1Br. The van der Waals surface area contributed by atoms with Crippen LogP contribution in [0.3, 0.4) is 0 Å². The van der Waals surface area contributed by atoms with Crippen LogP contribution in [0.5, 0.6) is 0 Å². The smallest absolute Gasteiger partial charge is 0.0483 e. The van der Waals surface area contributed by atoms with E-state index in [1.165, 1.54) is 0 Å². The molecule has 0 heterocycles. The Labute approximate surface area is 89.6 Å². The van der Waals surface area contributed by atoms with Crippen LogP contribution in [0.2, 0.25) is 5.02 Å². The molecule has 0 radical (unpaired) electrons. The maximum absolute atomic E-state index is 5.88. The van der Waals surface area contributed by atoms with Crippen molar-refractivity contribution >= 4 is 44.0 Å². The lowest BCUT2D eigenvalue weighted by molar-refractivity contribution is 1.68. The average Bonchev–Trinajstić information content (AvgIpc) is 2.12. The van der Waals surface area contributed by atoms with Crippen molar-refractivity contribution in [2.24, 2.45) is 0 Å². The van der Waals surface area contributed by atoms with Crippen molar-refractivity contribution in [3.8, 4) is 0 Å². The number of halogens is 2. The Kier molecular flexibility index (Phi) is 2.18. The first-order valence-corrected chi connectivity index (χ1v) is 4.99. The van der Waals surface area contributed by atoms with E-state index in [0.717, 1.165) is 26.0 Å². The second kappa shape index (κ2) is 3.20. The van der Waals surface area contributed by atoms with Crippen molar-refractivity contribution in [3.63, 3.8) is 0 Å². The summed E-state index contributed by atoms with van der Waals surface area (Å²) in [6, 6.07) is 9.60. The van der Waals surface area contributed by atoms with E-state index in [-0.39, 0.29) is 0 Å². The minimum atomic E-state index is 0.721. The lowest BCUT2D eigenvalue weighted by Gasteiger charge is -2.03. The second-order valence-corrected chi connectivity index (χ2v) is 4.06. The lowest BCUT2D eigenvalue weighted by atomic mass is 10.1. The van der Waals surface area contributed by atoms with Gasteiger partial charge in [0.15, 0.2) is 0 Å². The fourth-order valence-electron chi connectivity index (χ4n) is 1.27. The van der Waals surface area contributed by atoms with Gasteiger partial charge in [0, 0.05) is 15.2 Å². The summed E-state index contributed by atoms with van der Waals surface area (Å²) in [5.74, 6) is 0. The Morgan fingerprint density at radius 3 is 2.62 bits per heavy atom. The summed E-state index contributed by atoms with van der Waals surface area (Å²) in [6.45, 7) is 0. The number of nitrogen functional groups attached to an aromatic ring is 1. The highest BCUT2D eigenvalue weighted by molar-refractivity contribution is 9.10. The maximum Gasteiger partial charge on any atom is 0.0483 e. The number of anilines is 1. The second-order valence-electron chi connectivity index (χ2n) is 2.83. The Morgan fingerprint density at radius 2 is 1.85 bits per heavy atom. The van der Waals surface area contributed by atoms with Crippen LogP contribution in [0.15, 0.2) is 34.8 Å². The molecule has 0 aliphatic rings. The number of hydrogen-bond acceptors (Lipinski definition) is 1. The third-order valence-corrected chi connectivity index (χ3v) is 3.07. The summed E-state index contributed by atoms with van der Waals surface area (Å²) in [6.07, 6.45) is 0. The molecule has 0 unspecified atom stereocenters. The fraction of sp³-hybridized carbons (Fsp3) is 0. The molecule has 2 rings (SSSR count). The van der Waals surface area contributed by atoms with E-state index in [4.69, 9.17) is 17.3 Å². The van der Waals surface area contributed by atoms with Gasteiger partial charge in [-0.15, -0.1) is 0 Å². The van der Waals surface area contributed by atoms with Gasteiger partial charge in [0.05, 0.1) is 0 Å². The first kappa shape index (κ1) is 8.85. The van der Waals surface area contributed by atoms with Crippen molar-refractivity contribution in [1.29, 1.82) is 0 Å². The van der Waals surface area contributed by atoms with Gasteiger partial charge in [0.25, 0.3) is 0 Å². The fourth-order valence-corrected chi connectivity index (χ4v) is 1.92. The van der Waals surface area contributed by atoms with E-state index in [1.807, 2.05) is 30.3 Å². The number of hydrogen-bond donors (Lipinski definition) is 1. The third-order valence-electron chi connectivity index (χ3n) is 1.95. The molecule has 1 nitrogen and oxygen atoms in total. The van der Waals surface area contributed by atoms with Crippen LogP contribution < -0.4 is 5.73 Å². The highest BCUT2D eigenvalue weighted by atomic mass is 79.9. The van der Waals surface area contributed by atoms with Crippen LogP contribution in [0.4, 0.5) is 5.69 Å². The van der Waals surface area contributed by atoms with Crippen molar-refractivity contribution in [3.05, 3.63) is 39.8 Å². The molecule has 0 aliphatic carbocycles. The number of rotatable bonds is 0. The number of nitrogens with two attached hydrogens (primary N) is 1. The van der Waals surface area contributed by atoms with E-state index in [0.29, 0.717) is 0 Å². The number of benzene rings is 2. The third kappa shape index (κ3) is 1.52. The minimum absolute atomic E-state index is 0.721. The number of fused-ring (bicyclic) bond motifs is 1. The zero-order valence-corrected chi connectivity index (χ0v) is 9.06. The first-order valence-electron chi connectivity index (χ1n) is 3.82. The van der Waals surface area contributed by atoms with Crippen LogP contribution in [-0.2, 0) is 0 Å². The molecule has 66 valence electrons. The van der Waals surface area contributed by atoms with Crippen LogP contribution in [0.25, 0.3) is 10.8 Å². The summed E-state index contributed by atoms with van der Waals surface area (Å²) in [7, 11) is 0. The summed E-state index contributed by atoms with van der Waals surface area (Å²) in [4.78, 5) is 0. The first-order chi connectivity index (χ1) is 6.18. The molecule has 0 aromatic heterocycles. The predicted molar refractivity (Wildman–Crippen MR) is 61.1 cm³/mol. The van der Waals surface area contributed by atoms with Crippen molar-refractivity contribution in [1.82, 2.24) is 0 Å². The Morgan fingerprint density at radius 1 is 1.15 bits per heavy atom. The molecule has 0 atom stereocenters. The molecule has 0 fully saturated rings. The zero-order valence-electron chi connectivity index (χ0n) is 6.72. The average molecular weight is 257 g/mol. The lowest BCUT2D eigenvalue weighted by Crippen LogP contribution is -1.86. The molecule has 2 aromatic carbocycles. The zero-order chi connectivity index (χ0) is 9.42. The quantitative estimate of drug-likeness (QED) is 0.712. The van der Waals surface area contributed by atoms with E-state index in [9.17, 15) is 0 Å². The van der Waals surface area contributed by atoms with Gasteiger partial charge >= 0.3 is 0 Å². The molecule has 13 heavy (non-hydrogen) atoms. The van der Waals surface area contributed by atoms with E-state index < -0.39 is 0 Å². The van der Waals surface area contributed by atoms with Crippen molar-refractivity contribution in [2.75, 3.05) is 5.73 Å². The van der Waals surface area contributed by atoms with Gasteiger partial charge in [-0.2, -0.15) is 0 Å². The largest absolute Gasteiger partial charge is 0.398 e. The molecule has 0 amide bonds. The van der Waals surface area contributed by atoms with Crippen LogP contribution in [0.1, 0.15) is 0 Å². The molecular weight excluding hydrogens is 249 g/mol. The molecule has 0 saturated carbocycles. The summed E-state index contributed by atoms with van der Waals surface area (Å²) < 4.78 is 0.910. The minimum Gasteiger partial charge on any atom is -0.398 e. The standard InChI is InChI=1S/C10H7BrClN/c11-10-8-5-7(12)3-1-6(8)2-4-9(10)13/h1-5H,13H2. The Hall–Kier alpha value is -0.730. The van der Waals surface area contributed by atoms with Crippen LogP contribution >= 0.6 is 27.5 Å². The molecule has 2 aromatic rings. The van der Waals surface area contributed by atoms with Crippen LogP contribution in [-0.4, -0.2) is 0 Å². The topological polar surface area (TPSA) is 26.0 Å². The molecule has 3 heteroatoms. The highest BCUT2D eigenvalue weighted by Crippen LogP contribution is 2.31. The van der Waals surface area contributed by atoms with Gasteiger partial charge in [0.1, 0.15) is 0 Å². The normalized spacial score (nSPS) is 10.6. The molecular formula is C10H7BrClN. The van der Waals surface area contributed by atoms with Gasteiger partial charge in [0.2, 0.25) is 0 Å². The van der Waals surface area contributed by atoms with Gasteiger partial charge in [-0.25, -0.2) is 0 Å². The van der Waals surface area contributed by atoms with Crippen molar-refractivity contribution in [2.45, 2.75) is 0 Å². The van der Waals surface area contributed by atoms with E-state index in [2.05, 4.69) is 15.9 Å². The monoisotopic (exact) mass is 255 g/mol. The molecule has 0 spiro atoms. The summed E-state index contributed by atoms with van der Waals surface area (Å²) in [5, 5.41) is 2.90.